The smallest absolute Gasteiger partial charge is 0.274 e. The van der Waals surface area contributed by atoms with Gasteiger partial charge < -0.3 is 5.73 Å². The highest BCUT2D eigenvalue weighted by molar-refractivity contribution is 5.80. The monoisotopic (exact) mass is 283 g/mol. The lowest BCUT2D eigenvalue weighted by atomic mass is 10.1. The summed E-state index contributed by atoms with van der Waals surface area (Å²) < 4.78 is 15.4. The van der Waals surface area contributed by atoms with Crippen LogP contribution in [0, 0.1) is 5.82 Å². The van der Waals surface area contributed by atoms with Gasteiger partial charge in [-0.25, -0.2) is 9.07 Å². The molecule has 0 radical (unpaired) electrons. The zero-order valence-corrected chi connectivity index (χ0v) is 11.3. The lowest BCUT2D eigenvalue weighted by Crippen LogP contribution is -2.24. The van der Waals surface area contributed by atoms with E-state index < -0.39 is 0 Å². The maximum Gasteiger partial charge on any atom is 0.274 e. The Labute approximate surface area is 120 Å². The molecule has 2 aromatic carbocycles. The summed E-state index contributed by atoms with van der Waals surface area (Å²) in [6.45, 7) is 0.211. The highest BCUT2D eigenvalue weighted by Crippen LogP contribution is 2.14. The van der Waals surface area contributed by atoms with E-state index in [4.69, 9.17) is 5.73 Å². The molecule has 0 aliphatic heterocycles. The molecule has 0 aliphatic carbocycles. The van der Waals surface area contributed by atoms with Crippen LogP contribution in [-0.4, -0.2) is 9.78 Å². The maximum atomic E-state index is 14.2. The molecule has 0 fully saturated rings. The number of aromatic nitrogens is 2. The molecular weight excluding hydrogens is 269 g/mol. The standard InChI is InChI=1S/C16H14FN3O/c17-15-11(8-18)5-3-6-13(15)10-20-16(21)14-7-2-1-4-12(14)9-19-20/h1-7,9H,8,10,18H2. The minimum absolute atomic E-state index is 0.0866. The molecule has 3 rings (SSSR count). The zero-order chi connectivity index (χ0) is 14.8. The molecule has 0 aliphatic rings. The Morgan fingerprint density at radius 2 is 1.86 bits per heavy atom. The number of nitrogens with two attached hydrogens (primary N) is 1. The quantitative estimate of drug-likeness (QED) is 0.800. The van der Waals surface area contributed by atoms with Crippen molar-refractivity contribution in [2.75, 3.05) is 0 Å². The number of fused-ring (bicyclic) bond motifs is 1. The molecule has 0 saturated heterocycles. The Hall–Kier alpha value is -2.53. The van der Waals surface area contributed by atoms with Crippen LogP contribution in [0.15, 0.2) is 53.5 Å². The van der Waals surface area contributed by atoms with E-state index in [9.17, 15) is 9.18 Å². The summed E-state index contributed by atoms with van der Waals surface area (Å²) in [6.07, 6.45) is 1.61. The average Bonchev–Trinajstić information content (AvgIpc) is 2.52. The first-order valence-electron chi connectivity index (χ1n) is 6.62. The fourth-order valence-corrected chi connectivity index (χ4v) is 2.31. The fourth-order valence-electron chi connectivity index (χ4n) is 2.31. The molecule has 0 bridgehead atoms. The lowest BCUT2D eigenvalue weighted by Gasteiger charge is -2.09. The SMILES string of the molecule is NCc1cccc(Cn2ncc3ccccc3c2=O)c1F. The molecule has 5 heteroatoms. The van der Waals surface area contributed by atoms with E-state index in [2.05, 4.69) is 5.10 Å². The highest BCUT2D eigenvalue weighted by Gasteiger charge is 2.10. The van der Waals surface area contributed by atoms with Crippen LogP contribution >= 0.6 is 0 Å². The molecule has 2 N–H and O–H groups in total. The first-order valence-corrected chi connectivity index (χ1v) is 6.62. The number of benzene rings is 2. The minimum Gasteiger partial charge on any atom is -0.326 e. The summed E-state index contributed by atoms with van der Waals surface area (Å²) in [5.41, 5.74) is 6.10. The van der Waals surface area contributed by atoms with Gasteiger partial charge in [-0.05, 0) is 6.07 Å². The van der Waals surface area contributed by atoms with E-state index >= 15 is 0 Å². The van der Waals surface area contributed by atoms with Crippen molar-refractivity contribution in [3.63, 3.8) is 0 Å². The van der Waals surface area contributed by atoms with E-state index in [1.807, 2.05) is 12.1 Å². The van der Waals surface area contributed by atoms with Crippen molar-refractivity contribution in [3.05, 3.63) is 76.0 Å². The van der Waals surface area contributed by atoms with Gasteiger partial charge >= 0.3 is 0 Å². The van der Waals surface area contributed by atoms with Crippen molar-refractivity contribution in [2.24, 2.45) is 5.73 Å². The predicted octanol–water partition coefficient (Wildman–Crippen LogP) is 2.04. The Balaban J connectivity index is 2.07. The molecule has 0 spiro atoms. The van der Waals surface area contributed by atoms with Crippen molar-refractivity contribution in [1.29, 1.82) is 0 Å². The molecule has 4 nitrogen and oxygen atoms in total. The summed E-state index contributed by atoms with van der Waals surface area (Å²) in [6, 6.07) is 12.2. The second-order valence-corrected chi connectivity index (χ2v) is 4.79. The van der Waals surface area contributed by atoms with E-state index in [1.54, 1.807) is 36.5 Å². The summed E-state index contributed by atoms with van der Waals surface area (Å²) in [5.74, 6) is -0.373. The van der Waals surface area contributed by atoms with Gasteiger partial charge in [-0.1, -0.05) is 36.4 Å². The number of rotatable bonds is 3. The Bertz CT molecular complexity index is 858. The highest BCUT2D eigenvalue weighted by atomic mass is 19.1. The third-order valence-electron chi connectivity index (χ3n) is 3.46. The molecule has 0 saturated carbocycles. The van der Waals surface area contributed by atoms with Gasteiger partial charge in [0.2, 0.25) is 0 Å². The number of halogens is 1. The van der Waals surface area contributed by atoms with Crippen LogP contribution in [0.4, 0.5) is 4.39 Å². The van der Waals surface area contributed by atoms with Crippen LogP contribution in [0.2, 0.25) is 0 Å². The van der Waals surface area contributed by atoms with Crippen molar-refractivity contribution in [3.8, 4) is 0 Å². The molecule has 1 heterocycles. The number of nitrogens with zero attached hydrogens (tertiary/aromatic N) is 2. The molecule has 0 amide bonds. The first kappa shape index (κ1) is 13.5. The van der Waals surface area contributed by atoms with Crippen LogP contribution < -0.4 is 11.3 Å². The Kier molecular flexibility index (Phi) is 3.50. The summed E-state index contributed by atoms with van der Waals surface area (Å²) in [7, 11) is 0. The van der Waals surface area contributed by atoms with Crippen molar-refractivity contribution in [1.82, 2.24) is 9.78 Å². The number of hydrogen-bond acceptors (Lipinski definition) is 3. The van der Waals surface area contributed by atoms with E-state index in [-0.39, 0.29) is 24.5 Å². The first-order chi connectivity index (χ1) is 10.2. The van der Waals surface area contributed by atoms with E-state index in [1.165, 1.54) is 4.68 Å². The van der Waals surface area contributed by atoms with Crippen LogP contribution in [0.3, 0.4) is 0 Å². The van der Waals surface area contributed by atoms with Gasteiger partial charge in [-0.3, -0.25) is 4.79 Å². The molecule has 21 heavy (non-hydrogen) atoms. The minimum atomic E-state index is -0.373. The van der Waals surface area contributed by atoms with Gasteiger partial charge in [0.1, 0.15) is 5.82 Å². The van der Waals surface area contributed by atoms with Gasteiger partial charge in [0.25, 0.3) is 5.56 Å². The average molecular weight is 283 g/mol. The van der Waals surface area contributed by atoms with Gasteiger partial charge in [0.15, 0.2) is 0 Å². The normalized spacial score (nSPS) is 11.0. The zero-order valence-electron chi connectivity index (χ0n) is 11.3. The lowest BCUT2D eigenvalue weighted by molar-refractivity contribution is 0.564. The van der Waals surface area contributed by atoms with Crippen molar-refractivity contribution < 1.29 is 4.39 Å². The molecular formula is C16H14FN3O. The van der Waals surface area contributed by atoms with Crippen LogP contribution in [-0.2, 0) is 13.1 Å². The van der Waals surface area contributed by atoms with Gasteiger partial charge in [-0.15, -0.1) is 0 Å². The predicted molar refractivity (Wildman–Crippen MR) is 79.4 cm³/mol. The molecule has 106 valence electrons. The summed E-state index contributed by atoms with van der Waals surface area (Å²) in [5, 5.41) is 5.45. The van der Waals surface area contributed by atoms with Gasteiger partial charge in [0.05, 0.1) is 18.1 Å². The molecule has 1 aromatic heterocycles. The second kappa shape index (κ2) is 5.46. The third kappa shape index (κ3) is 2.43. The van der Waals surface area contributed by atoms with Crippen molar-refractivity contribution >= 4 is 10.8 Å². The Morgan fingerprint density at radius 3 is 2.67 bits per heavy atom. The second-order valence-electron chi connectivity index (χ2n) is 4.79. The van der Waals surface area contributed by atoms with Crippen molar-refractivity contribution in [2.45, 2.75) is 13.1 Å². The summed E-state index contributed by atoms with van der Waals surface area (Å²) in [4.78, 5) is 12.4. The molecule has 0 unspecified atom stereocenters. The van der Waals surface area contributed by atoms with E-state index in [0.717, 1.165) is 5.39 Å². The third-order valence-corrected chi connectivity index (χ3v) is 3.46. The fraction of sp³-hybridized carbons (Fsp3) is 0.125. The van der Waals surface area contributed by atoms with E-state index in [0.29, 0.717) is 16.5 Å². The molecule has 3 aromatic rings. The van der Waals surface area contributed by atoms with Gasteiger partial charge in [-0.2, -0.15) is 5.10 Å². The Morgan fingerprint density at radius 1 is 1.10 bits per heavy atom. The van der Waals surface area contributed by atoms with Crippen LogP contribution in [0.25, 0.3) is 10.8 Å². The largest absolute Gasteiger partial charge is 0.326 e. The number of hydrogen-bond donors (Lipinski definition) is 1. The van der Waals surface area contributed by atoms with Crippen LogP contribution in [0.1, 0.15) is 11.1 Å². The summed E-state index contributed by atoms with van der Waals surface area (Å²) >= 11 is 0. The maximum absolute atomic E-state index is 14.2. The van der Waals surface area contributed by atoms with Gasteiger partial charge in [0, 0.05) is 23.1 Å². The topological polar surface area (TPSA) is 60.9 Å². The molecule has 0 atom stereocenters. The van der Waals surface area contributed by atoms with Crippen LogP contribution in [0.5, 0.6) is 0 Å².